The Hall–Kier alpha value is -3.86. The summed E-state index contributed by atoms with van der Waals surface area (Å²) < 4.78 is 47.1. The van der Waals surface area contributed by atoms with Gasteiger partial charge in [-0.3, -0.25) is 4.79 Å². The lowest BCUT2D eigenvalue weighted by molar-refractivity contribution is 0.0985. The van der Waals surface area contributed by atoms with Crippen LogP contribution in [0.3, 0.4) is 0 Å². The molecule has 3 aromatic carbocycles. The minimum absolute atomic E-state index is 0.0224. The van der Waals surface area contributed by atoms with Gasteiger partial charge in [-0.05, 0) is 78.6 Å². The molecule has 1 aliphatic rings. The normalized spacial score (nSPS) is 14.6. The molecular formula is C28H24ClFN4O4S. The first-order valence-electron chi connectivity index (χ1n) is 12.1. The number of anilines is 1. The molecule has 4 aromatic rings. The second kappa shape index (κ2) is 11.1. The number of ether oxygens (including phenoxy) is 1. The summed E-state index contributed by atoms with van der Waals surface area (Å²) in [5.74, 6) is -0.814. The van der Waals surface area contributed by atoms with Crippen LogP contribution in [-0.4, -0.2) is 31.4 Å². The van der Waals surface area contributed by atoms with Crippen LogP contribution in [0.5, 0.6) is 6.01 Å². The van der Waals surface area contributed by atoms with Gasteiger partial charge in [0.15, 0.2) is 0 Å². The van der Waals surface area contributed by atoms with E-state index in [4.69, 9.17) is 16.3 Å². The molecule has 1 unspecified atom stereocenters. The number of halogens is 2. The predicted molar refractivity (Wildman–Crippen MR) is 145 cm³/mol. The van der Waals surface area contributed by atoms with Crippen molar-refractivity contribution in [1.82, 2.24) is 14.7 Å². The van der Waals surface area contributed by atoms with Crippen LogP contribution in [0.15, 0.2) is 84.0 Å². The lowest BCUT2D eigenvalue weighted by Gasteiger charge is -2.25. The Kier molecular flexibility index (Phi) is 7.60. The average Bonchev–Trinajstić information content (AvgIpc) is 3.33. The van der Waals surface area contributed by atoms with E-state index in [0.29, 0.717) is 34.7 Å². The molecule has 11 heteroatoms. The molecule has 0 saturated heterocycles. The number of carbonyl (C=O) groups excluding carboxylic acids is 1. The number of nitrogens with zero attached hydrogens (tertiary/aromatic N) is 3. The number of benzene rings is 3. The van der Waals surface area contributed by atoms with Crippen molar-refractivity contribution < 1.29 is 22.3 Å². The topological polar surface area (TPSA) is 101 Å². The number of fused-ring (bicyclic) bond motifs is 1. The monoisotopic (exact) mass is 566 g/mol. The summed E-state index contributed by atoms with van der Waals surface area (Å²) in [5.41, 5.74) is 3.38. The highest BCUT2D eigenvalue weighted by atomic mass is 35.5. The van der Waals surface area contributed by atoms with E-state index in [1.807, 2.05) is 18.2 Å². The number of carbonyl (C=O) groups is 1. The van der Waals surface area contributed by atoms with Gasteiger partial charge in [0.2, 0.25) is 10.0 Å². The molecule has 0 spiro atoms. The van der Waals surface area contributed by atoms with Gasteiger partial charge in [-0.2, -0.15) is 0 Å². The number of hydrogen-bond acceptors (Lipinski definition) is 6. The number of rotatable bonds is 8. The van der Waals surface area contributed by atoms with E-state index in [0.717, 1.165) is 23.3 Å². The third kappa shape index (κ3) is 5.93. The highest BCUT2D eigenvalue weighted by molar-refractivity contribution is 7.89. The molecule has 1 N–H and O–H groups in total. The molecule has 8 nitrogen and oxygen atoms in total. The molecular weight excluding hydrogens is 543 g/mol. The molecule has 1 aliphatic carbocycles. The quantitative estimate of drug-likeness (QED) is 0.319. The van der Waals surface area contributed by atoms with Crippen molar-refractivity contribution in [3.63, 3.8) is 0 Å². The Balaban J connectivity index is 1.48. The molecule has 1 heterocycles. The van der Waals surface area contributed by atoms with Gasteiger partial charge in [0.25, 0.3) is 5.91 Å². The first-order valence-corrected chi connectivity index (χ1v) is 13.9. The number of nitrogens with one attached hydrogen (secondary N) is 1. The standard InChI is InChI=1S/C28H24ClFN4O4S/c1-38-28-31-15-18(16-32-28)17-34(27(35)20-3-2-4-21(29)13-20)23-9-5-19-6-12-26(25(19)14-23)33-39(36,37)24-10-7-22(30)8-11-24/h2-5,7-11,13-16,26,33H,6,12,17H2,1H3. The molecule has 1 atom stereocenters. The fraction of sp³-hybridized carbons (Fsp3) is 0.179. The zero-order valence-corrected chi connectivity index (χ0v) is 22.4. The predicted octanol–water partition coefficient (Wildman–Crippen LogP) is 5.09. The lowest BCUT2D eigenvalue weighted by atomic mass is 10.1. The Morgan fingerprint density at radius 3 is 2.54 bits per heavy atom. The van der Waals surface area contributed by atoms with Crippen molar-refractivity contribution in [3.8, 4) is 6.01 Å². The first kappa shape index (κ1) is 26.7. The van der Waals surface area contributed by atoms with Crippen molar-refractivity contribution in [2.75, 3.05) is 12.0 Å². The maximum atomic E-state index is 13.7. The van der Waals surface area contributed by atoms with E-state index in [-0.39, 0.29) is 23.4 Å². The molecule has 5 rings (SSSR count). The molecule has 0 fully saturated rings. The first-order chi connectivity index (χ1) is 18.7. The van der Waals surface area contributed by atoms with E-state index < -0.39 is 21.9 Å². The van der Waals surface area contributed by atoms with Gasteiger partial charge in [-0.1, -0.05) is 23.7 Å². The van der Waals surface area contributed by atoms with E-state index in [9.17, 15) is 17.6 Å². The number of methoxy groups -OCH3 is 1. The van der Waals surface area contributed by atoms with E-state index >= 15 is 0 Å². The van der Waals surface area contributed by atoms with Crippen LogP contribution in [0.25, 0.3) is 0 Å². The lowest BCUT2D eigenvalue weighted by Crippen LogP contribution is -2.31. The van der Waals surface area contributed by atoms with Gasteiger partial charge < -0.3 is 9.64 Å². The van der Waals surface area contributed by atoms with E-state index in [2.05, 4.69) is 14.7 Å². The maximum absolute atomic E-state index is 13.7. The largest absolute Gasteiger partial charge is 0.467 e. The molecule has 39 heavy (non-hydrogen) atoms. The summed E-state index contributed by atoms with van der Waals surface area (Å²) in [4.78, 5) is 23.5. The van der Waals surface area contributed by atoms with Crippen molar-refractivity contribution in [3.05, 3.63) is 112 Å². The fourth-order valence-electron chi connectivity index (χ4n) is 4.52. The second-order valence-electron chi connectivity index (χ2n) is 9.03. The molecule has 1 aromatic heterocycles. The van der Waals surface area contributed by atoms with E-state index in [1.165, 1.54) is 19.2 Å². The Labute approximate surface area is 230 Å². The number of hydrogen-bond donors (Lipinski definition) is 1. The van der Waals surface area contributed by atoms with E-state index in [1.54, 1.807) is 41.6 Å². The van der Waals surface area contributed by atoms with Gasteiger partial charge in [0, 0.05) is 40.3 Å². The van der Waals surface area contributed by atoms with Crippen LogP contribution in [0.1, 0.15) is 39.5 Å². The average molecular weight is 567 g/mol. The molecule has 1 amide bonds. The second-order valence-corrected chi connectivity index (χ2v) is 11.2. The van der Waals surface area contributed by atoms with Crippen LogP contribution < -0.4 is 14.4 Å². The Bertz CT molecular complexity index is 1620. The van der Waals surface area contributed by atoms with Crippen LogP contribution in [0.2, 0.25) is 5.02 Å². The highest BCUT2D eigenvalue weighted by Gasteiger charge is 2.29. The Morgan fingerprint density at radius 2 is 1.85 bits per heavy atom. The Morgan fingerprint density at radius 1 is 1.10 bits per heavy atom. The summed E-state index contributed by atoms with van der Waals surface area (Å²) in [6, 6.07) is 16.6. The SMILES string of the molecule is COc1ncc(CN(C(=O)c2cccc(Cl)c2)c2ccc3c(c2)C(NS(=O)(=O)c2ccc(F)cc2)CC3)cn1. The van der Waals surface area contributed by atoms with Crippen LogP contribution in [0, 0.1) is 5.82 Å². The molecule has 0 saturated carbocycles. The summed E-state index contributed by atoms with van der Waals surface area (Å²) in [6.45, 7) is 0.153. The fourth-order valence-corrected chi connectivity index (χ4v) is 5.96. The summed E-state index contributed by atoms with van der Waals surface area (Å²) in [7, 11) is -2.43. The third-order valence-corrected chi connectivity index (χ3v) is 8.18. The summed E-state index contributed by atoms with van der Waals surface area (Å²) >= 11 is 6.16. The smallest absolute Gasteiger partial charge is 0.316 e. The summed E-state index contributed by atoms with van der Waals surface area (Å²) in [5, 5.41) is 0.429. The molecule has 0 aliphatic heterocycles. The minimum atomic E-state index is -3.90. The van der Waals surface area contributed by atoms with Gasteiger partial charge >= 0.3 is 6.01 Å². The zero-order chi connectivity index (χ0) is 27.6. The number of amides is 1. The third-order valence-electron chi connectivity index (χ3n) is 6.46. The van der Waals surface area contributed by atoms with Crippen LogP contribution in [0.4, 0.5) is 10.1 Å². The van der Waals surface area contributed by atoms with Crippen molar-refractivity contribution in [2.45, 2.75) is 30.3 Å². The van der Waals surface area contributed by atoms with Gasteiger partial charge in [-0.25, -0.2) is 27.5 Å². The van der Waals surface area contributed by atoms with Crippen molar-refractivity contribution in [1.29, 1.82) is 0 Å². The molecule has 200 valence electrons. The van der Waals surface area contributed by atoms with Crippen LogP contribution >= 0.6 is 11.6 Å². The molecule has 0 bridgehead atoms. The maximum Gasteiger partial charge on any atom is 0.316 e. The van der Waals surface area contributed by atoms with Gasteiger partial charge in [-0.15, -0.1) is 0 Å². The van der Waals surface area contributed by atoms with Gasteiger partial charge in [0.05, 0.1) is 18.6 Å². The van der Waals surface area contributed by atoms with Crippen molar-refractivity contribution >= 4 is 33.2 Å². The minimum Gasteiger partial charge on any atom is -0.467 e. The van der Waals surface area contributed by atoms with Crippen LogP contribution in [-0.2, 0) is 23.0 Å². The highest BCUT2D eigenvalue weighted by Crippen LogP contribution is 2.36. The van der Waals surface area contributed by atoms with Gasteiger partial charge in [0.1, 0.15) is 5.82 Å². The number of aromatic nitrogens is 2. The number of sulfonamides is 1. The molecule has 0 radical (unpaired) electrons. The zero-order valence-electron chi connectivity index (χ0n) is 20.8. The summed E-state index contributed by atoms with van der Waals surface area (Å²) in [6.07, 6.45) is 4.38. The van der Waals surface area contributed by atoms with Crippen molar-refractivity contribution in [2.24, 2.45) is 0 Å². The number of aryl methyl sites for hydroxylation is 1.